The third-order valence-corrected chi connectivity index (χ3v) is 6.19. The van der Waals surface area contributed by atoms with Gasteiger partial charge in [-0.3, -0.25) is 14.6 Å². The summed E-state index contributed by atoms with van der Waals surface area (Å²) in [5.74, 6) is -6.60. The number of benzene rings is 1. The van der Waals surface area contributed by atoms with E-state index < -0.39 is 52.3 Å². The van der Waals surface area contributed by atoms with E-state index in [0.717, 1.165) is 7.11 Å². The molecule has 1 aliphatic carbocycles. The summed E-state index contributed by atoms with van der Waals surface area (Å²) < 4.78 is 51.3. The minimum absolute atomic E-state index is 0.000768. The highest BCUT2D eigenvalue weighted by atomic mass is 19.4. The summed E-state index contributed by atoms with van der Waals surface area (Å²) in [6, 6.07) is 9.33. The maximum Gasteiger partial charge on any atom is 0.452 e. The zero-order chi connectivity index (χ0) is 25.5. The summed E-state index contributed by atoms with van der Waals surface area (Å²) in [7, 11) is 1.16. The van der Waals surface area contributed by atoms with Gasteiger partial charge in [-0.2, -0.15) is 13.2 Å². The van der Waals surface area contributed by atoms with Gasteiger partial charge in [0.05, 0.1) is 24.2 Å². The normalized spacial score (nSPS) is 20.1. The van der Waals surface area contributed by atoms with E-state index in [4.69, 9.17) is 4.74 Å². The van der Waals surface area contributed by atoms with Crippen LogP contribution in [0.5, 0.6) is 0 Å². The summed E-state index contributed by atoms with van der Waals surface area (Å²) in [4.78, 5) is 43.5. The zero-order valence-electron chi connectivity index (χ0n) is 19.1. The Morgan fingerprint density at radius 1 is 1.14 bits per heavy atom. The molecular formula is C25H21F3N2O5. The van der Waals surface area contributed by atoms with Crippen LogP contribution < -0.4 is 0 Å². The topological polar surface area (TPSA) is 99.4 Å². The Bertz CT molecular complexity index is 1300. The van der Waals surface area contributed by atoms with Gasteiger partial charge in [0.25, 0.3) is 0 Å². The van der Waals surface area contributed by atoms with Gasteiger partial charge in [0.2, 0.25) is 5.76 Å². The van der Waals surface area contributed by atoms with E-state index in [1.807, 2.05) is 0 Å². The Morgan fingerprint density at radius 3 is 2.46 bits per heavy atom. The molecule has 2 unspecified atom stereocenters. The van der Waals surface area contributed by atoms with E-state index in [9.17, 15) is 27.6 Å². The maximum atomic E-state index is 13.9. The van der Waals surface area contributed by atoms with Crippen LogP contribution in [0.1, 0.15) is 59.3 Å². The third-order valence-electron chi connectivity index (χ3n) is 6.19. The fourth-order valence-electron chi connectivity index (χ4n) is 4.75. The number of methoxy groups -OCH3 is 1. The van der Waals surface area contributed by atoms with Crippen LogP contribution in [0, 0.1) is 5.41 Å². The van der Waals surface area contributed by atoms with Crippen LogP contribution in [0.2, 0.25) is 0 Å². The van der Waals surface area contributed by atoms with Crippen LogP contribution in [-0.4, -0.2) is 34.8 Å². The van der Waals surface area contributed by atoms with Gasteiger partial charge in [-0.05, 0) is 17.0 Å². The molecule has 0 radical (unpaired) electrons. The van der Waals surface area contributed by atoms with Gasteiger partial charge in [0.1, 0.15) is 17.4 Å². The lowest BCUT2D eigenvalue weighted by Crippen LogP contribution is -2.44. The molecule has 0 aliphatic heterocycles. The second kappa shape index (κ2) is 8.75. The molecule has 1 aromatic carbocycles. The van der Waals surface area contributed by atoms with Crippen molar-refractivity contribution in [2.75, 3.05) is 7.11 Å². The number of nitrogens with zero attached hydrogens (tertiary/aromatic N) is 2. The molecule has 1 saturated carbocycles. The molecule has 4 rings (SSSR count). The Labute approximate surface area is 198 Å². The second-order valence-electron chi connectivity index (χ2n) is 8.99. The van der Waals surface area contributed by atoms with Gasteiger partial charge in [-0.15, -0.1) is 0 Å². The number of ether oxygens (including phenoxy) is 1. The average molecular weight is 486 g/mol. The summed E-state index contributed by atoms with van der Waals surface area (Å²) in [6.45, 7) is 3.31. The number of alkyl halides is 3. The van der Waals surface area contributed by atoms with Gasteiger partial charge in [-0.1, -0.05) is 49.3 Å². The molecule has 0 spiro atoms. The van der Waals surface area contributed by atoms with E-state index in [0.29, 0.717) is 0 Å². The lowest BCUT2D eigenvalue weighted by atomic mass is 9.60. The molecule has 1 aliphatic rings. The molecular weight excluding hydrogens is 465 g/mol. The summed E-state index contributed by atoms with van der Waals surface area (Å²) in [5, 5.41) is 3.61. The number of ketones is 2. The van der Waals surface area contributed by atoms with E-state index in [1.165, 1.54) is 30.6 Å². The average Bonchev–Trinajstić information content (AvgIpc) is 3.24. The van der Waals surface area contributed by atoms with Gasteiger partial charge < -0.3 is 9.26 Å². The lowest BCUT2D eigenvalue weighted by Gasteiger charge is -2.40. The van der Waals surface area contributed by atoms with E-state index >= 15 is 0 Å². The summed E-state index contributed by atoms with van der Waals surface area (Å²) in [5.41, 5.74) is -1.36. The van der Waals surface area contributed by atoms with E-state index in [2.05, 4.69) is 14.7 Å². The fourth-order valence-corrected chi connectivity index (χ4v) is 4.75. The molecule has 3 aromatic rings. The molecule has 2 atom stereocenters. The van der Waals surface area contributed by atoms with Crippen molar-refractivity contribution in [2.45, 2.75) is 38.3 Å². The Balaban J connectivity index is 1.94. The molecule has 0 amide bonds. The van der Waals surface area contributed by atoms with E-state index in [-0.39, 0.29) is 28.8 Å². The summed E-state index contributed by atoms with van der Waals surface area (Å²) >= 11 is 0. The first-order valence-electron chi connectivity index (χ1n) is 10.7. The number of carbonyl (C=O) groups excluding carboxylic acids is 3. The minimum atomic E-state index is -4.99. The molecule has 182 valence electrons. The Hall–Kier alpha value is -3.82. The largest absolute Gasteiger partial charge is 0.465 e. The predicted octanol–water partition coefficient (Wildman–Crippen LogP) is 4.98. The quantitative estimate of drug-likeness (QED) is 0.379. The first-order chi connectivity index (χ1) is 16.5. The smallest absolute Gasteiger partial charge is 0.452 e. The van der Waals surface area contributed by atoms with Crippen molar-refractivity contribution >= 4 is 17.5 Å². The van der Waals surface area contributed by atoms with Crippen molar-refractivity contribution in [3.05, 3.63) is 71.2 Å². The first-order valence-corrected chi connectivity index (χ1v) is 10.7. The van der Waals surface area contributed by atoms with Gasteiger partial charge >= 0.3 is 12.1 Å². The minimum Gasteiger partial charge on any atom is -0.465 e. The third kappa shape index (κ3) is 4.24. The molecule has 2 heterocycles. The number of hydrogen-bond donors (Lipinski definition) is 0. The van der Waals surface area contributed by atoms with Crippen molar-refractivity contribution in [1.82, 2.24) is 10.1 Å². The standard InChI is InChI=1S/C25H21F3N2O5/c1-24(2)11-16(31)17(21(32)19(24)14-9-10-29-12-15(14)23(33)34-3)18-20(13-7-5-4-6-8-13)30-35-22(18)25(26,27)28/h4-10,12,17,19H,11H2,1-3H3. The van der Waals surface area contributed by atoms with Crippen LogP contribution >= 0.6 is 0 Å². The highest BCUT2D eigenvalue weighted by Crippen LogP contribution is 2.51. The second-order valence-corrected chi connectivity index (χ2v) is 8.99. The molecule has 0 N–H and O–H groups in total. The SMILES string of the molecule is COC(=O)c1cnccc1C1C(=O)C(c2c(-c3ccccc3)noc2C(F)(F)F)C(=O)CC1(C)C. The maximum absolute atomic E-state index is 13.9. The van der Waals surface area contributed by atoms with Crippen LogP contribution in [0.15, 0.2) is 53.3 Å². The number of esters is 1. The predicted molar refractivity (Wildman–Crippen MR) is 116 cm³/mol. The molecule has 35 heavy (non-hydrogen) atoms. The molecule has 10 heteroatoms. The van der Waals surface area contributed by atoms with Crippen LogP contribution in [0.3, 0.4) is 0 Å². The fraction of sp³-hybridized carbons (Fsp3) is 0.320. The number of pyridine rings is 1. The number of hydrogen-bond acceptors (Lipinski definition) is 7. The van der Waals surface area contributed by atoms with Gasteiger partial charge in [0.15, 0.2) is 5.78 Å². The lowest BCUT2D eigenvalue weighted by molar-refractivity contribution is -0.156. The Morgan fingerprint density at radius 2 is 1.83 bits per heavy atom. The van der Waals surface area contributed by atoms with Crippen molar-refractivity contribution in [2.24, 2.45) is 5.41 Å². The number of rotatable bonds is 4. The highest BCUT2D eigenvalue weighted by molar-refractivity contribution is 6.14. The molecule has 0 saturated heterocycles. The van der Waals surface area contributed by atoms with Crippen molar-refractivity contribution < 1.29 is 36.8 Å². The number of halogens is 3. The van der Waals surface area contributed by atoms with Crippen molar-refractivity contribution in [3.8, 4) is 11.3 Å². The summed E-state index contributed by atoms with van der Waals surface area (Å²) in [6.07, 6.45) is -2.61. The van der Waals surface area contributed by atoms with Crippen molar-refractivity contribution in [1.29, 1.82) is 0 Å². The number of aromatic nitrogens is 2. The first kappa shape index (κ1) is 24.3. The van der Waals surface area contributed by atoms with Gasteiger partial charge in [-0.25, -0.2) is 4.79 Å². The molecule has 7 nitrogen and oxygen atoms in total. The number of carbonyl (C=O) groups is 3. The highest BCUT2D eigenvalue weighted by Gasteiger charge is 2.54. The zero-order valence-corrected chi connectivity index (χ0v) is 19.1. The van der Waals surface area contributed by atoms with Crippen LogP contribution in [-0.2, 0) is 20.5 Å². The van der Waals surface area contributed by atoms with Crippen LogP contribution in [0.25, 0.3) is 11.3 Å². The number of Topliss-reactive ketones (excluding diaryl/α,β-unsaturated/α-hetero) is 2. The Kier molecular flexibility index (Phi) is 6.08. The van der Waals surface area contributed by atoms with Gasteiger partial charge in [0, 0.05) is 24.4 Å². The van der Waals surface area contributed by atoms with Crippen LogP contribution in [0.4, 0.5) is 13.2 Å². The monoisotopic (exact) mass is 486 g/mol. The molecule has 0 bridgehead atoms. The molecule has 2 aromatic heterocycles. The van der Waals surface area contributed by atoms with Crippen molar-refractivity contribution in [3.63, 3.8) is 0 Å². The van der Waals surface area contributed by atoms with E-state index in [1.54, 1.807) is 32.0 Å². The molecule has 1 fully saturated rings.